The summed E-state index contributed by atoms with van der Waals surface area (Å²) in [7, 11) is 0. The Morgan fingerprint density at radius 3 is 2.65 bits per heavy atom. The number of hydrogen-bond donors (Lipinski definition) is 1. The van der Waals surface area contributed by atoms with Crippen LogP contribution < -0.4 is 10.9 Å². The van der Waals surface area contributed by atoms with Gasteiger partial charge in [0.15, 0.2) is 5.65 Å². The van der Waals surface area contributed by atoms with E-state index in [1.807, 2.05) is 45.0 Å². The molecule has 0 bridgehead atoms. The molecule has 0 atom stereocenters. The Kier molecular flexibility index (Phi) is 5.16. The zero-order chi connectivity index (χ0) is 18.7. The molecule has 0 aliphatic heterocycles. The number of carbonyl (C=O) groups is 1. The number of hydrogen-bond acceptors (Lipinski definition) is 4. The molecule has 0 saturated heterocycles. The predicted octanol–water partition coefficient (Wildman–Crippen LogP) is 1.72. The van der Waals surface area contributed by atoms with E-state index in [-0.39, 0.29) is 17.4 Å². The van der Waals surface area contributed by atoms with Gasteiger partial charge in [-0.1, -0.05) is 43.7 Å². The fourth-order valence-electron chi connectivity index (χ4n) is 2.65. The van der Waals surface area contributed by atoms with Crippen molar-refractivity contribution in [2.75, 3.05) is 6.54 Å². The molecule has 7 heteroatoms. The van der Waals surface area contributed by atoms with Gasteiger partial charge < -0.3 is 5.32 Å². The third kappa shape index (κ3) is 3.82. The van der Waals surface area contributed by atoms with Gasteiger partial charge in [-0.05, 0) is 12.5 Å². The van der Waals surface area contributed by atoms with Gasteiger partial charge in [-0.25, -0.2) is 9.67 Å². The minimum Gasteiger partial charge on any atom is -0.354 e. The first-order valence-corrected chi connectivity index (χ1v) is 8.70. The van der Waals surface area contributed by atoms with Gasteiger partial charge in [0.2, 0.25) is 5.91 Å². The lowest BCUT2D eigenvalue weighted by molar-refractivity contribution is -0.124. The molecular formula is C19H23N5O2. The molecule has 2 aromatic heterocycles. The summed E-state index contributed by atoms with van der Waals surface area (Å²) in [6, 6.07) is 8.06. The largest absolute Gasteiger partial charge is 0.354 e. The van der Waals surface area contributed by atoms with Crippen molar-refractivity contribution in [3.8, 4) is 0 Å². The average molecular weight is 353 g/mol. The molecule has 0 unspecified atom stereocenters. The van der Waals surface area contributed by atoms with Crippen molar-refractivity contribution in [1.29, 1.82) is 0 Å². The number of benzene rings is 1. The molecule has 1 aromatic carbocycles. The van der Waals surface area contributed by atoms with Gasteiger partial charge in [-0.2, -0.15) is 5.10 Å². The highest BCUT2D eigenvalue weighted by Gasteiger charge is 2.11. The maximum absolute atomic E-state index is 12.7. The molecule has 26 heavy (non-hydrogen) atoms. The monoisotopic (exact) mass is 353 g/mol. The van der Waals surface area contributed by atoms with Crippen molar-refractivity contribution in [3.05, 3.63) is 58.3 Å². The van der Waals surface area contributed by atoms with E-state index in [9.17, 15) is 9.59 Å². The van der Waals surface area contributed by atoms with Crippen LogP contribution in [0.5, 0.6) is 0 Å². The summed E-state index contributed by atoms with van der Waals surface area (Å²) >= 11 is 0. The van der Waals surface area contributed by atoms with Crippen LogP contribution in [0.15, 0.2) is 41.6 Å². The van der Waals surface area contributed by atoms with Crippen LogP contribution in [-0.4, -0.2) is 31.8 Å². The first-order valence-electron chi connectivity index (χ1n) is 8.70. The molecular weight excluding hydrogens is 330 g/mol. The molecule has 1 amide bonds. The van der Waals surface area contributed by atoms with Crippen LogP contribution in [0.25, 0.3) is 11.0 Å². The minimum atomic E-state index is -0.118. The predicted molar refractivity (Wildman–Crippen MR) is 99.9 cm³/mol. The molecule has 3 rings (SSSR count). The first-order chi connectivity index (χ1) is 12.5. The van der Waals surface area contributed by atoms with E-state index in [0.717, 1.165) is 5.56 Å². The topological polar surface area (TPSA) is 81.8 Å². The fourth-order valence-corrected chi connectivity index (χ4v) is 2.65. The number of aromatic nitrogens is 4. The first kappa shape index (κ1) is 17.8. The Hall–Kier alpha value is -2.96. The molecule has 3 aromatic rings. The molecule has 0 radical (unpaired) electrons. The Labute approximate surface area is 151 Å². The summed E-state index contributed by atoms with van der Waals surface area (Å²) in [5.41, 5.74) is 2.64. The molecule has 7 nitrogen and oxygen atoms in total. The standard InChI is InChI=1S/C19H23N5O2/c1-13(2)18(25)20-8-9-24-17-16(10-22-24)19(26)23(12-21-17)11-15-6-4-14(3)5-7-15/h4-7,10,12-13H,8-9,11H2,1-3H3,(H,20,25). The highest BCUT2D eigenvalue weighted by molar-refractivity contribution is 5.77. The van der Waals surface area contributed by atoms with Gasteiger partial charge in [0, 0.05) is 12.5 Å². The summed E-state index contributed by atoms with van der Waals surface area (Å²) in [6.07, 6.45) is 3.09. The highest BCUT2D eigenvalue weighted by Crippen LogP contribution is 2.08. The van der Waals surface area contributed by atoms with Gasteiger partial charge in [-0.3, -0.25) is 14.2 Å². The number of fused-ring (bicyclic) bond motifs is 1. The van der Waals surface area contributed by atoms with Gasteiger partial charge in [0.25, 0.3) is 5.56 Å². The maximum Gasteiger partial charge on any atom is 0.264 e. The van der Waals surface area contributed by atoms with E-state index in [1.54, 1.807) is 21.8 Å². The van der Waals surface area contributed by atoms with E-state index in [0.29, 0.717) is 30.7 Å². The fraction of sp³-hybridized carbons (Fsp3) is 0.368. The van der Waals surface area contributed by atoms with Crippen LogP contribution in [0.2, 0.25) is 0 Å². The number of carbonyl (C=O) groups excluding carboxylic acids is 1. The van der Waals surface area contributed by atoms with Crippen LogP contribution in [0, 0.1) is 12.8 Å². The van der Waals surface area contributed by atoms with Crippen LogP contribution in [0.4, 0.5) is 0 Å². The lowest BCUT2D eigenvalue weighted by Crippen LogP contribution is -2.31. The Morgan fingerprint density at radius 2 is 1.96 bits per heavy atom. The van der Waals surface area contributed by atoms with Crippen LogP contribution >= 0.6 is 0 Å². The minimum absolute atomic E-state index is 0.00475. The van der Waals surface area contributed by atoms with Gasteiger partial charge in [-0.15, -0.1) is 0 Å². The molecule has 0 saturated carbocycles. The number of nitrogens with zero attached hydrogens (tertiary/aromatic N) is 4. The Bertz CT molecular complexity index is 970. The number of nitrogens with one attached hydrogen (secondary N) is 1. The van der Waals surface area contributed by atoms with Gasteiger partial charge >= 0.3 is 0 Å². The van der Waals surface area contributed by atoms with Crippen molar-refractivity contribution in [2.45, 2.75) is 33.9 Å². The quantitative estimate of drug-likeness (QED) is 0.732. The SMILES string of the molecule is Cc1ccc(Cn2cnc3c(cnn3CCNC(=O)C(C)C)c2=O)cc1. The zero-order valence-electron chi connectivity index (χ0n) is 15.3. The molecule has 2 heterocycles. The van der Waals surface area contributed by atoms with Crippen LogP contribution in [-0.2, 0) is 17.9 Å². The number of amides is 1. The summed E-state index contributed by atoms with van der Waals surface area (Å²) < 4.78 is 3.23. The highest BCUT2D eigenvalue weighted by atomic mass is 16.2. The third-order valence-electron chi connectivity index (χ3n) is 4.24. The second kappa shape index (κ2) is 7.51. The Morgan fingerprint density at radius 1 is 1.23 bits per heavy atom. The van der Waals surface area contributed by atoms with Crippen LogP contribution in [0.3, 0.4) is 0 Å². The summed E-state index contributed by atoms with van der Waals surface area (Å²) in [6.45, 7) is 7.10. The smallest absolute Gasteiger partial charge is 0.264 e. The molecule has 0 aliphatic rings. The lowest BCUT2D eigenvalue weighted by Gasteiger charge is -2.09. The van der Waals surface area contributed by atoms with Gasteiger partial charge in [0.1, 0.15) is 11.7 Å². The normalized spacial score (nSPS) is 11.2. The van der Waals surface area contributed by atoms with Crippen molar-refractivity contribution in [1.82, 2.24) is 24.6 Å². The van der Waals surface area contributed by atoms with E-state index < -0.39 is 0 Å². The lowest BCUT2D eigenvalue weighted by atomic mass is 10.1. The second-order valence-electron chi connectivity index (χ2n) is 6.71. The molecule has 136 valence electrons. The number of rotatable bonds is 6. The summed E-state index contributed by atoms with van der Waals surface area (Å²) in [5, 5.41) is 7.57. The Balaban J connectivity index is 1.77. The summed E-state index contributed by atoms with van der Waals surface area (Å²) in [5.74, 6) is -0.0636. The molecule has 0 aliphatic carbocycles. The molecule has 0 spiro atoms. The molecule has 1 N–H and O–H groups in total. The van der Waals surface area contributed by atoms with E-state index in [1.165, 1.54) is 5.56 Å². The molecule has 0 fully saturated rings. The second-order valence-corrected chi connectivity index (χ2v) is 6.71. The maximum atomic E-state index is 12.7. The van der Waals surface area contributed by atoms with Gasteiger partial charge in [0.05, 0.1) is 19.3 Å². The van der Waals surface area contributed by atoms with E-state index in [2.05, 4.69) is 15.4 Å². The van der Waals surface area contributed by atoms with Crippen molar-refractivity contribution < 1.29 is 4.79 Å². The summed E-state index contributed by atoms with van der Waals surface area (Å²) in [4.78, 5) is 28.7. The third-order valence-corrected chi connectivity index (χ3v) is 4.24. The van der Waals surface area contributed by atoms with E-state index in [4.69, 9.17) is 0 Å². The zero-order valence-corrected chi connectivity index (χ0v) is 15.3. The van der Waals surface area contributed by atoms with Crippen molar-refractivity contribution in [2.24, 2.45) is 5.92 Å². The van der Waals surface area contributed by atoms with Crippen LogP contribution in [0.1, 0.15) is 25.0 Å². The number of aryl methyl sites for hydroxylation is 1. The average Bonchev–Trinajstić information content (AvgIpc) is 3.03. The van der Waals surface area contributed by atoms with Crippen molar-refractivity contribution in [3.63, 3.8) is 0 Å². The van der Waals surface area contributed by atoms with Crippen molar-refractivity contribution >= 4 is 16.9 Å². The van der Waals surface area contributed by atoms with E-state index >= 15 is 0 Å².